The Morgan fingerprint density at radius 2 is 1.97 bits per heavy atom. The molecular formula is C20H22N2O6S2. The zero-order valence-electron chi connectivity index (χ0n) is 16.8. The number of rotatable bonds is 9. The summed E-state index contributed by atoms with van der Waals surface area (Å²) in [4.78, 5) is 16.7. The fraction of sp³-hybridized carbons (Fsp3) is 0.300. The third kappa shape index (κ3) is 5.07. The SMILES string of the molecule is CCOc1ccccc1-c1nc(CC(=O)OCc2ccc(S(=O)(=O)N(C)C)o2)cs1. The second kappa shape index (κ2) is 9.41. The highest BCUT2D eigenvalue weighted by Gasteiger charge is 2.22. The van der Waals surface area contributed by atoms with Crippen LogP contribution >= 0.6 is 11.3 Å². The molecule has 3 aromatic rings. The van der Waals surface area contributed by atoms with Crippen LogP contribution in [0.15, 0.2) is 51.3 Å². The van der Waals surface area contributed by atoms with Gasteiger partial charge in [0.2, 0.25) is 5.09 Å². The Bertz CT molecular complexity index is 1120. The van der Waals surface area contributed by atoms with Crippen molar-refractivity contribution >= 4 is 27.3 Å². The molecular weight excluding hydrogens is 428 g/mol. The maximum atomic E-state index is 12.2. The third-order valence-electron chi connectivity index (χ3n) is 4.04. The largest absolute Gasteiger partial charge is 0.493 e. The predicted molar refractivity (Wildman–Crippen MR) is 112 cm³/mol. The fourth-order valence-electron chi connectivity index (χ4n) is 2.54. The standard InChI is InChI=1S/C20H22N2O6S2/c1-4-26-17-8-6-5-7-16(17)20-21-14(13-29-20)11-18(23)27-12-15-9-10-19(28-15)30(24,25)22(2)3/h5-10,13H,4,11-12H2,1-3H3. The Hall–Kier alpha value is -2.69. The van der Waals surface area contributed by atoms with Gasteiger partial charge in [-0.25, -0.2) is 17.7 Å². The highest BCUT2D eigenvalue weighted by Crippen LogP contribution is 2.32. The van der Waals surface area contributed by atoms with Gasteiger partial charge in [0.1, 0.15) is 23.1 Å². The molecule has 0 aliphatic rings. The first-order chi connectivity index (χ1) is 14.3. The summed E-state index contributed by atoms with van der Waals surface area (Å²) in [7, 11) is -0.849. The molecule has 0 saturated heterocycles. The number of carbonyl (C=O) groups is 1. The van der Waals surface area contributed by atoms with Gasteiger partial charge in [0.15, 0.2) is 0 Å². The van der Waals surface area contributed by atoms with Crippen molar-refractivity contribution in [2.24, 2.45) is 0 Å². The van der Waals surface area contributed by atoms with Crippen LogP contribution in [0, 0.1) is 0 Å². The summed E-state index contributed by atoms with van der Waals surface area (Å²) in [5.41, 5.74) is 1.45. The van der Waals surface area contributed by atoms with E-state index in [0.717, 1.165) is 20.6 Å². The lowest BCUT2D eigenvalue weighted by Crippen LogP contribution is -2.21. The molecule has 0 unspecified atom stereocenters. The molecule has 0 bridgehead atoms. The average Bonchev–Trinajstić information content (AvgIpc) is 3.37. The molecule has 1 aromatic carbocycles. The number of carbonyl (C=O) groups excluding carboxylic acids is 1. The number of aromatic nitrogens is 1. The number of para-hydroxylation sites is 1. The molecule has 0 aliphatic carbocycles. The number of furan rings is 1. The number of sulfonamides is 1. The normalized spacial score (nSPS) is 11.6. The van der Waals surface area contributed by atoms with Crippen LogP contribution in [0.3, 0.4) is 0 Å². The minimum absolute atomic E-state index is 0.00311. The first kappa shape index (κ1) is 22.0. The number of ether oxygens (including phenoxy) is 2. The van der Waals surface area contributed by atoms with E-state index in [1.807, 2.05) is 31.2 Å². The molecule has 2 heterocycles. The van der Waals surface area contributed by atoms with Gasteiger partial charge in [-0.2, -0.15) is 0 Å². The van der Waals surface area contributed by atoms with Crippen LogP contribution in [0.4, 0.5) is 0 Å². The van der Waals surface area contributed by atoms with E-state index in [9.17, 15) is 13.2 Å². The minimum Gasteiger partial charge on any atom is -0.493 e. The number of nitrogens with zero attached hydrogens (tertiary/aromatic N) is 2. The van der Waals surface area contributed by atoms with E-state index in [2.05, 4.69) is 4.98 Å². The van der Waals surface area contributed by atoms with Gasteiger partial charge in [-0.15, -0.1) is 11.3 Å². The Morgan fingerprint density at radius 3 is 2.70 bits per heavy atom. The van der Waals surface area contributed by atoms with E-state index < -0.39 is 16.0 Å². The molecule has 30 heavy (non-hydrogen) atoms. The van der Waals surface area contributed by atoms with Gasteiger partial charge >= 0.3 is 5.97 Å². The van der Waals surface area contributed by atoms with Gasteiger partial charge in [0, 0.05) is 19.5 Å². The summed E-state index contributed by atoms with van der Waals surface area (Å²) in [6.45, 7) is 2.30. The molecule has 0 spiro atoms. The van der Waals surface area contributed by atoms with Crippen molar-refractivity contribution in [1.29, 1.82) is 0 Å². The Balaban J connectivity index is 1.60. The van der Waals surface area contributed by atoms with Crippen molar-refractivity contribution in [2.75, 3.05) is 20.7 Å². The Kier molecular flexibility index (Phi) is 6.91. The maximum Gasteiger partial charge on any atom is 0.312 e. The molecule has 0 amide bonds. The molecule has 160 valence electrons. The van der Waals surface area contributed by atoms with Crippen LogP contribution in [0.2, 0.25) is 0 Å². The zero-order valence-corrected chi connectivity index (χ0v) is 18.5. The van der Waals surface area contributed by atoms with Crippen molar-refractivity contribution in [2.45, 2.75) is 25.0 Å². The van der Waals surface area contributed by atoms with Gasteiger partial charge in [-0.05, 0) is 31.2 Å². The van der Waals surface area contributed by atoms with Gasteiger partial charge in [-0.1, -0.05) is 12.1 Å². The number of esters is 1. The lowest BCUT2D eigenvalue weighted by molar-refractivity contribution is -0.144. The van der Waals surface area contributed by atoms with Crippen LogP contribution in [0.25, 0.3) is 10.6 Å². The van der Waals surface area contributed by atoms with E-state index in [1.54, 1.807) is 5.38 Å². The number of thiazole rings is 1. The Labute approximate surface area is 179 Å². The third-order valence-corrected chi connectivity index (χ3v) is 6.66. The summed E-state index contributed by atoms with van der Waals surface area (Å²) in [5, 5.41) is 2.36. The van der Waals surface area contributed by atoms with E-state index in [4.69, 9.17) is 13.9 Å². The van der Waals surface area contributed by atoms with Crippen LogP contribution in [-0.4, -0.2) is 44.4 Å². The molecule has 0 saturated carbocycles. The number of hydrogen-bond acceptors (Lipinski definition) is 8. The Morgan fingerprint density at radius 1 is 1.20 bits per heavy atom. The van der Waals surface area contributed by atoms with Gasteiger partial charge < -0.3 is 13.9 Å². The molecule has 0 fully saturated rings. The van der Waals surface area contributed by atoms with Crippen molar-refractivity contribution < 1.29 is 27.1 Å². The second-order valence-corrected chi connectivity index (χ2v) is 9.36. The van der Waals surface area contributed by atoms with Crippen molar-refractivity contribution in [1.82, 2.24) is 9.29 Å². The molecule has 3 rings (SSSR count). The second-order valence-electron chi connectivity index (χ2n) is 6.42. The number of benzene rings is 1. The first-order valence-electron chi connectivity index (χ1n) is 9.14. The summed E-state index contributed by atoms with van der Waals surface area (Å²) in [5.74, 6) is 0.497. The average molecular weight is 451 g/mol. The van der Waals surface area contributed by atoms with Gasteiger partial charge in [0.25, 0.3) is 10.0 Å². The molecule has 0 radical (unpaired) electrons. The number of hydrogen-bond donors (Lipinski definition) is 0. The first-order valence-corrected chi connectivity index (χ1v) is 11.5. The molecule has 10 heteroatoms. The highest BCUT2D eigenvalue weighted by molar-refractivity contribution is 7.88. The van der Waals surface area contributed by atoms with Gasteiger partial charge in [-0.3, -0.25) is 4.79 Å². The lowest BCUT2D eigenvalue weighted by atomic mass is 10.2. The van der Waals surface area contributed by atoms with Crippen LogP contribution in [0.1, 0.15) is 18.4 Å². The summed E-state index contributed by atoms with van der Waals surface area (Å²) >= 11 is 1.42. The van der Waals surface area contributed by atoms with E-state index in [-0.39, 0.29) is 23.9 Å². The molecule has 0 N–H and O–H groups in total. The molecule has 0 atom stereocenters. The van der Waals surface area contributed by atoms with Crippen LogP contribution < -0.4 is 4.74 Å². The van der Waals surface area contributed by atoms with E-state index in [0.29, 0.717) is 12.3 Å². The van der Waals surface area contributed by atoms with E-state index >= 15 is 0 Å². The quantitative estimate of drug-likeness (QED) is 0.461. The minimum atomic E-state index is -3.67. The summed E-state index contributed by atoms with van der Waals surface area (Å²) < 4.78 is 41.2. The molecule has 0 aliphatic heterocycles. The van der Waals surface area contributed by atoms with Crippen LogP contribution in [-0.2, 0) is 32.6 Å². The highest BCUT2D eigenvalue weighted by atomic mass is 32.2. The summed E-state index contributed by atoms with van der Waals surface area (Å²) in [6.07, 6.45) is -0.00311. The zero-order chi connectivity index (χ0) is 21.7. The van der Waals surface area contributed by atoms with Crippen molar-refractivity contribution in [3.8, 4) is 16.3 Å². The lowest BCUT2D eigenvalue weighted by Gasteiger charge is -2.07. The molecule has 2 aromatic heterocycles. The maximum absolute atomic E-state index is 12.2. The van der Waals surface area contributed by atoms with Crippen molar-refractivity contribution in [3.05, 3.63) is 53.2 Å². The monoisotopic (exact) mass is 450 g/mol. The molecule has 8 nitrogen and oxygen atoms in total. The van der Waals surface area contributed by atoms with E-state index in [1.165, 1.54) is 37.6 Å². The smallest absolute Gasteiger partial charge is 0.312 e. The summed E-state index contributed by atoms with van der Waals surface area (Å²) in [6, 6.07) is 10.4. The van der Waals surface area contributed by atoms with Crippen molar-refractivity contribution in [3.63, 3.8) is 0 Å². The van der Waals surface area contributed by atoms with Crippen LogP contribution in [0.5, 0.6) is 5.75 Å². The fourth-order valence-corrected chi connectivity index (χ4v) is 4.20. The topological polar surface area (TPSA) is 98.9 Å². The predicted octanol–water partition coefficient (Wildman–Crippen LogP) is 3.34. The van der Waals surface area contributed by atoms with Gasteiger partial charge in [0.05, 0.1) is 24.3 Å².